The molecular weight excluding hydrogens is 612 g/mol. The van der Waals surface area contributed by atoms with E-state index in [2.05, 4.69) is 4.74 Å². The van der Waals surface area contributed by atoms with Gasteiger partial charge in [-0.25, -0.2) is 22.0 Å². The molecule has 0 unspecified atom stereocenters. The molecule has 0 radical (unpaired) electrons. The molecule has 0 fully saturated rings. The Balaban J connectivity index is 2.60. The molecule has 13 heteroatoms. The Morgan fingerprint density at radius 1 is 1.04 bits per heavy atom. The fourth-order valence-corrected chi connectivity index (χ4v) is 4.26. The maximum atomic E-state index is 13.9. The largest absolute Gasteiger partial charge is 0.744 e. The molecule has 0 aliphatic heterocycles. The highest BCUT2D eigenvalue weighted by atomic mass is 127. The van der Waals surface area contributed by atoms with Crippen molar-refractivity contribution in [2.45, 2.75) is 4.90 Å². The molecule has 26 heavy (non-hydrogen) atoms. The van der Waals surface area contributed by atoms with Gasteiger partial charge in [-0.3, -0.25) is 0 Å². The molecule has 0 amide bonds. The minimum atomic E-state index is -5.87. The van der Waals surface area contributed by atoms with Crippen LogP contribution in [-0.2, 0) is 10.1 Å². The van der Waals surface area contributed by atoms with E-state index in [1.54, 1.807) is 28.7 Å². The molecular formula is C13H4F4I2NO5S-. The zero-order chi connectivity index (χ0) is 20.0. The number of carbonyl (C=O) groups excluding carboxylic acids is 1. The van der Waals surface area contributed by atoms with E-state index in [1.807, 2.05) is 22.6 Å². The fraction of sp³-hybridized carbons (Fsp3) is 0. The summed E-state index contributed by atoms with van der Waals surface area (Å²) in [7, 11) is -5.87. The lowest BCUT2D eigenvalue weighted by Crippen LogP contribution is -2.17. The van der Waals surface area contributed by atoms with Gasteiger partial charge in [0, 0.05) is 7.14 Å². The normalized spacial score (nSPS) is 11.5. The van der Waals surface area contributed by atoms with Crippen molar-refractivity contribution in [3.8, 4) is 5.75 Å². The maximum absolute atomic E-state index is 13.9. The molecule has 0 atom stereocenters. The van der Waals surface area contributed by atoms with Crippen molar-refractivity contribution in [3.05, 3.63) is 48.1 Å². The van der Waals surface area contributed by atoms with Gasteiger partial charge in [0.05, 0.1) is 11.3 Å². The van der Waals surface area contributed by atoms with Crippen LogP contribution in [0, 0.1) is 30.4 Å². The predicted molar refractivity (Wildman–Crippen MR) is 95.5 cm³/mol. The van der Waals surface area contributed by atoms with Crippen LogP contribution < -0.4 is 10.5 Å². The Kier molecular flexibility index (Phi) is 6.03. The molecule has 0 bridgehead atoms. The minimum absolute atomic E-state index is 0.114. The van der Waals surface area contributed by atoms with Gasteiger partial charge in [0.15, 0.2) is 11.6 Å². The van der Waals surface area contributed by atoms with Gasteiger partial charge in [-0.05, 0) is 57.3 Å². The fourth-order valence-electron chi connectivity index (χ4n) is 1.80. The summed E-state index contributed by atoms with van der Waals surface area (Å²) in [6, 6.07) is 2.76. The van der Waals surface area contributed by atoms with Crippen LogP contribution in [0.1, 0.15) is 10.4 Å². The van der Waals surface area contributed by atoms with E-state index < -0.39 is 50.0 Å². The summed E-state index contributed by atoms with van der Waals surface area (Å²) in [5, 5.41) is 0. The smallest absolute Gasteiger partial charge is 0.345 e. The van der Waals surface area contributed by atoms with E-state index in [0.717, 1.165) is 0 Å². The SMILES string of the molecule is Nc1c(I)cc(I)cc1C(=O)Oc1c(F)c(F)c(S(=O)(=O)[O-])c(F)c1F. The first-order chi connectivity index (χ1) is 11.9. The quantitative estimate of drug-likeness (QED) is 0.108. The first-order valence-corrected chi connectivity index (χ1v) is 9.71. The number of benzene rings is 2. The van der Waals surface area contributed by atoms with Gasteiger partial charge in [-0.15, -0.1) is 0 Å². The van der Waals surface area contributed by atoms with Crippen LogP contribution in [0.4, 0.5) is 23.2 Å². The molecule has 140 valence electrons. The zero-order valence-electron chi connectivity index (χ0n) is 11.9. The van der Waals surface area contributed by atoms with Crippen LogP contribution in [-0.4, -0.2) is 18.9 Å². The van der Waals surface area contributed by atoms with E-state index >= 15 is 0 Å². The highest BCUT2D eigenvalue weighted by Gasteiger charge is 2.31. The molecule has 0 aliphatic rings. The van der Waals surface area contributed by atoms with Crippen LogP contribution in [0.5, 0.6) is 5.75 Å². The summed E-state index contributed by atoms with van der Waals surface area (Å²) in [5.41, 5.74) is 5.19. The number of esters is 1. The Labute approximate surface area is 170 Å². The van der Waals surface area contributed by atoms with Crippen LogP contribution in [0.2, 0.25) is 0 Å². The summed E-state index contributed by atoms with van der Waals surface area (Å²) in [6.45, 7) is 0. The molecule has 0 aromatic heterocycles. The number of nitrogens with two attached hydrogens (primary N) is 1. The van der Waals surface area contributed by atoms with Gasteiger partial charge in [0.25, 0.3) is 0 Å². The van der Waals surface area contributed by atoms with Crippen molar-refractivity contribution >= 4 is 67.0 Å². The predicted octanol–water partition coefficient (Wildman–Crippen LogP) is 3.16. The Morgan fingerprint density at radius 2 is 1.54 bits per heavy atom. The lowest BCUT2D eigenvalue weighted by molar-refractivity contribution is 0.0717. The number of halogens is 6. The molecule has 2 aromatic rings. The molecule has 0 spiro atoms. The number of carbonyl (C=O) groups is 1. The number of hydrogen-bond acceptors (Lipinski definition) is 6. The Morgan fingerprint density at radius 3 is 2.00 bits per heavy atom. The Bertz CT molecular complexity index is 1020. The van der Waals surface area contributed by atoms with E-state index in [0.29, 0.717) is 7.14 Å². The van der Waals surface area contributed by atoms with Crippen molar-refractivity contribution < 1.29 is 40.1 Å². The van der Waals surface area contributed by atoms with Gasteiger partial charge in [-0.1, -0.05) is 0 Å². The summed E-state index contributed by atoms with van der Waals surface area (Å²) in [5.74, 6) is -13.0. The molecule has 0 saturated carbocycles. The third-order valence-electron chi connectivity index (χ3n) is 2.94. The Hall–Kier alpha value is -1.20. The van der Waals surface area contributed by atoms with Crippen molar-refractivity contribution in [2.75, 3.05) is 5.73 Å². The standard InChI is InChI=1S/C13H5F4I2NO5S/c14-6-8(16)12(26(22,23)24)9(17)7(15)11(6)25-13(21)4-1-3(18)2-5(19)10(4)20/h1-2H,20H2,(H,22,23,24)/p-1. The van der Waals surface area contributed by atoms with Gasteiger partial charge < -0.3 is 15.0 Å². The average Bonchev–Trinajstić information content (AvgIpc) is 2.51. The molecule has 2 rings (SSSR count). The van der Waals surface area contributed by atoms with Gasteiger partial charge in [0.1, 0.15) is 15.0 Å². The van der Waals surface area contributed by atoms with Gasteiger partial charge in [-0.2, -0.15) is 8.78 Å². The molecule has 0 heterocycles. The first-order valence-electron chi connectivity index (χ1n) is 6.14. The lowest BCUT2D eigenvalue weighted by Gasteiger charge is -2.14. The van der Waals surface area contributed by atoms with Crippen molar-refractivity contribution in [1.29, 1.82) is 0 Å². The summed E-state index contributed by atoms with van der Waals surface area (Å²) in [6.07, 6.45) is 0. The van der Waals surface area contributed by atoms with E-state index in [9.17, 15) is 35.3 Å². The second-order valence-corrected chi connectivity index (χ2v) is 8.33. The zero-order valence-corrected chi connectivity index (χ0v) is 17.1. The molecule has 0 saturated heterocycles. The topological polar surface area (TPSA) is 110 Å². The number of hydrogen-bond donors (Lipinski definition) is 1. The lowest BCUT2D eigenvalue weighted by atomic mass is 10.2. The van der Waals surface area contributed by atoms with Crippen molar-refractivity contribution in [2.24, 2.45) is 0 Å². The van der Waals surface area contributed by atoms with Gasteiger partial charge in [0.2, 0.25) is 17.4 Å². The monoisotopic (exact) mass is 616 g/mol. The van der Waals surface area contributed by atoms with Gasteiger partial charge >= 0.3 is 5.97 Å². The summed E-state index contributed by atoms with van der Waals surface area (Å²) >= 11 is 3.58. The highest BCUT2D eigenvalue weighted by molar-refractivity contribution is 14.1. The van der Waals surface area contributed by atoms with E-state index in [4.69, 9.17) is 5.73 Å². The summed E-state index contributed by atoms with van der Waals surface area (Å²) < 4.78 is 92.6. The average molecular weight is 616 g/mol. The molecule has 2 N–H and O–H groups in total. The van der Waals surface area contributed by atoms with Crippen molar-refractivity contribution in [3.63, 3.8) is 0 Å². The van der Waals surface area contributed by atoms with Crippen LogP contribution in [0.25, 0.3) is 0 Å². The maximum Gasteiger partial charge on any atom is 0.345 e. The van der Waals surface area contributed by atoms with E-state index in [1.165, 1.54) is 6.07 Å². The highest BCUT2D eigenvalue weighted by Crippen LogP contribution is 2.33. The number of anilines is 1. The van der Waals surface area contributed by atoms with Crippen LogP contribution in [0.15, 0.2) is 17.0 Å². The molecule has 2 aromatic carbocycles. The summed E-state index contributed by atoms with van der Waals surface area (Å²) in [4.78, 5) is 9.73. The third-order valence-corrected chi connectivity index (χ3v) is 5.32. The third kappa shape index (κ3) is 3.89. The number of rotatable bonds is 3. The minimum Gasteiger partial charge on any atom is -0.744 e. The molecule has 0 aliphatic carbocycles. The molecule has 6 nitrogen and oxygen atoms in total. The van der Waals surface area contributed by atoms with Crippen LogP contribution >= 0.6 is 45.2 Å². The second-order valence-electron chi connectivity index (χ2n) is 4.61. The number of nitrogen functional groups attached to an aromatic ring is 1. The van der Waals surface area contributed by atoms with Crippen LogP contribution in [0.3, 0.4) is 0 Å². The first kappa shape index (κ1) is 21.1. The second kappa shape index (κ2) is 7.43. The van der Waals surface area contributed by atoms with Crippen molar-refractivity contribution in [1.82, 2.24) is 0 Å². The number of ether oxygens (including phenoxy) is 1. The van der Waals surface area contributed by atoms with E-state index in [-0.39, 0.29) is 11.3 Å².